The molecule has 0 aliphatic carbocycles. The molecular weight excluding hydrogens is 280 g/mol. The summed E-state index contributed by atoms with van der Waals surface area (Å²) in [5.74, 6) is -1.43. The molecule has 5 nitrogen and oxygen atoms in total. The van der Waals surface area contributed by atoms with Gasteiger partial charge in [0.25, 0.3) is 0 Å². The van der Waals surface area contributed by atoms with E-state index in [1.54, 1.807) is 47.3 Å². The summed E-state index contributed by atoms with van der Waals surface area (Å²) in [4.78, 5) is 21.8. The number of benzene rings is 1. The van der Waals surface area contributed by atoms with E-state index < -0.39 is 11.9 Å². The topological polar surface area (TPSA) is 84.3 Å². The second-order valence-corrected chi connectivity index (χ2v) is 4.13. The van der Waals surface area contributed by atoms with Gasteiger partial charge in [-0.15, -0.1) is 0 Å². The second-order valence-electron chi connectivity index (χ2n) is 4.13. The highest BCUT2D eigenvalue weighted by Gasteiger charge is 2.09. The molecule has 0 radical (unpaired) electrons. The number of halogens is 1. The Morgan fingerprint density at radius 3 is 2.30 bits per heavy atom. The van der Waals surface area contributed by atoms with E-state index in [4.69, 9.17) is 10.8 Å². The number of aromatic nitrogens is 1. The summed E-state index contributed by atoms with van der Waals surface area (Å²) in [6.07, 6.45) is 3.35. The molecule has 0 aliphatic rings. The van der Waals surface area contributed by atoms with Crippen molar-refractivity contribution in [1.82, 2.24) is 0 Å². The van der Waals surface area contributed by atoms with E-state index in [1.165, 1.54) is 6.07 Å². The fraction of sp³-hybridized carbons (Fsp3) is 0.0714. The van der Waals surface area contributed by atoms with Crippen molar-refractivity contribution in [2.75, 3.05) is 0 Å². The minimum Gasteiger partial charge on any atom is -1.00 e. The van der Waals surface area contributed by atoms with Crippen LogP contribution in [0.3, 0.4) is 0 Å². The summed E-state index contributed by atoms with van der Waals surface area (Å²) >= 11 is 0. The van der Waals surface area contributed by atoms with Crippen LogP contribution in [0.4, 0.5) is 0 Å². The number of carboxylic acids is 1. The first-order valence-electron chi connectivity index (χ1n) is 5.67. The standard InChI is InChI=1S/C14H12N2O3.ClH/c15-13(17)11-5-3-10(4-6-11)8-16-7-1-2-12(9-16)14(18)19;/h1-7,9H,8H2,(H2-,15,17,18,19);1H. The normalized spacial score (nSPS) is 9.60. The molecule has 1 amide bonds. The van der Waals surface area contributed by atoms with Gasteiger partial charge in [0.2, 0.25) is 5.91 Å². The molecule has 0 bridgehead atoms. The monoisotopic (exact) mass is 292 g/mol. The fourth-order valence-electron chi connectivity index (χ4n) is 1.73. The summed E-state index contributed by atoms with van der Waals surface area (Å²) in [6, 6.07) is 10.1. The van der Waals surface area contributed by atoms with Gasteiger partial charge in [-0.25, -0.2) is 4.79 Å². The van der Waals surface area contributed by atoms with E-state index >= 15 is 0 Å². The molecule has 1 aromatic carbocycles. The quantitative estimate of drug-likeness (QED) is 0.629. The first-order valence-corrected chi connectivity index (χ1v) is 5.67. The zero-order chi connectivity index (χ0) is 13.8. The molecule has 0 aliphatic heterocycles. The number of amides is 1. The Morgan fingerprint density at radius 2 is 1.75 bits per heavy atom. The fourth-order valence-corrected chi connectivity index (χ4v) is 1.73. The van der Waals surface area contributed by atoms with Crippen LogP contribution in [-0.4, -0.2) is 17.0 Å². The highest BCUT2D eigenvalue weighted by atomic mass is 35.5. The van der Waals surface area contributed by atoms with Crippen molar-refractivity contribution >= 4 is 11.9 Å². The van der Waals surface area contributed by atoms with Crippen molar-refractivity contribution in [3.8, 4) is 0 Å². The molecule has 104 valence electrons. The SMILES string of the molecule is NC(=O)c1ccc(C[n+]2cccc(C(=O)O)c2)cc1.[Cl-]. The van der Waals surface area contributed by atoms with Crippen molar-refractivity contribution in [3.63, 3.8) is 0 Å². The van der Waals surface area contributed by atoms with Gasteiger partial charge in [0.05, 0.1) is 0 Å². The van der Waals surface area contributed by atoms with Crippen molar-refractivity contribution < 1.29 is 31.7 Å². The Labute approximate surface area is 122 Å². The molecule has 6 heteroatoms. The van der Waals surface area contributed by atoms with Gasteiger partial charge in [-0.05, 0) is 18.2 Å². The van der Waals surface area contributed by atoms with Gasteiger partial charge >= 0.3 is 5.97 Å². The number of carbonyl (C=O) groups is 2. The molecule has 1 heterocycles. The summed E-state index contributed by atoms with van der Waals surface area (Å²) in [5.41, 5.74) is 6.80. The highest BCUT2D eigenvalue weighted by Crippen LogP contribution is 2.04. The number of nitrogens with zero attached hydrogens (tertiary/aromatic N) is 1. The number of rotatable bonds is 4. The maximum absolute atomic E-state index is 10.9. The van der Waals surface area contributed by atoms with Crippen LogP contribution in [-0.2, 0) is 6.54 Å². The van der Waals surface area contributed by atoms with Gasteiger partial charge in [-0.1, -0.05) is 12.1 Å². The third-order valence-electron chi connectivity index (χ3n) is 2.71. The molecule has 0 saturated carbocycles. The lowest BCUT2D eigenvalue weighted by molar-refractivity contribution is -0.688. The molecule has 0 saturated heterocycles. The number of primary amides is 1. The van der Waals surface area contributed by atoms with Crippen molar-refractivity contribution in [2.24, 2.45) is 5.73 Å². The lowest BCUT2D eigenvalue weighted by atomic mass is 10.1. The largest absolute Gasteiger partial charge is 1.00 e. The van der Waals surface area contributed by atoms with Crippen LogP contribution >= 0.6 is 0 Å². The third kappa shape index (κ3) is 3.80. The number of hydrogen-bond acceptors (Lipinski definition) is 2. The summed E-state index contributed by atoms with van der Waals surface area (Å²) in [7, 11) is 0. The Bertz CT molecular complexity index is 627. The number of hydrogen-bond donors (Lipinski definition) is 2. The van der Waals surface area contributed by atoms with E-state index in [2.05, 4.69) is 0 Å². The first-order chi connectivity index (χ1) is 9.06. The molecule has 0 spiro atoms. The Balaban J connectivity index is 0.00000200. The van der Waals surface area contributed by atoms with Crippen LogP contribution in [0.15, 0.2) is 48.8 Å². The molecule has 0 atom stereocenters. The van der Waals surface area contributed by atoms with Gasteiger partial charge in [0.1, 0.15) is 5.56 Å². The van der Waals surface area contributed by atoms with Crippen molar-refractivity contribution in [2.45, 2.75) is 6.54 Å². The van der Waals surface area contributed by atoms with Crippen LogP contribution in [0.1, 0.15) is 26.3 Å². The lowest BCUT2D eigenvalue weighted by Crippen LogP contribution is -3.00. The van der Waals surface area contributed by atoms with E-state index in [9.17, 15) is 9.59 Å². The smallest absolute Gasteiger partial charge is 0.341 e. The van der Waals surface area contributed by atoms with E-state index in [1.807, 2.05) is 0 Å². The molecule has 0 unspecified atom stereocenters. The number of aromatic carboxylic acids is 1. The maximum Gasteiger partial charge on any atom is 0.341 e. The number of carboxylic acid groups (broad SMARTS) is 1. The maximum atomic E-state index is 10.9. The van der Waals surface area contributed by atoms with Crippen molar-refractivity contribution in [1.29, 1.82) is 0 Å². The predicted octanol–water partition coefficient (Wildman–Crippen LogP) is -2.18. The Kier molecular flexibility index (Phi) is 5.23. The molecule has 1 aromatic heterocycles. The van der Waals surface area contributed by atoms with Gasteiger partial charge in [-0.2, -0.15) is 4.57 Å². The Hall–Kier alpha value is -2.40. The average molecular weight is 293 g/mol. The molecule has 3 N–H and O–H groups in total. The third-order valence-corrected chi connectivity index (χ3v) is 2.71. The zero-order valence-electron chi connectivity index (χ0n) is 10.5. The van der Waals surface area contributed by atoms with Crippen LogP contribution < -0.4 is 22.7 Å². The van der Waals surface area contributed by atoms with Crippen LogP contribution in [0, 0.1) is 0 Å². The highest BCUT2D eigenvalue weighted by molar-refractivity contribution is 5.92. The minimum absolute atomic E-state index is 0. The molecule has 2 aromatic rings. The molecule has 20 heavy (non-hydrogen) atoms. The van der Waals surface area contributed by atoms with Crippen LogP contribution in [0.25, 0.3) is 0 Å². The predicted molar refractivity (Wildman–Crippen MR) is 67.7 cm³/mol. The minimum atomic E-state index is -0.960. The van der Waals surface area contributed by atoms with Gasteiger partial charge < -0.3 is 23.2 Å². The first kappa shape index (κ1) is 15.7. The van der Waals surface area contributed by atoms with Crippen molar-refractivity contribution in [3.05, 3.63) is 65.5 Å². The summed E-state index contributed by atoms with van der Waals surface area (Å²) < 4.78 is 1.77. The van der Waals surface area contributed by atoms with Crippen LogP contribution in [0.5, 0.6) is 0 Å². The summed E-state index contributed by atoms with van der Waals surface area (Å²) in [5, 5.41) is 8.91. The summed E-state index contributed by atoms with van der Waals surface area (Å²) in [6.45, 7) is 0.528. The molecule has 2 rings (SSSR count). The Morgan fingerprint density at radius 1 is 1.10 bits per heavy atom. The zero-order valence-corrected chi connectivity index (χ0v) is 11.2. The van der Waals surface area contributed by atoms with Gasteiger partial charge in [0.15, 0.2) is 18.9 Å². The van der Waals surface area contributed by atoms with E-state index in [0.29, 0.717) is 12.1 Å². The van der Waals surface area contributed by atoms with E-state index in [-0.39, 0.29) is 18.0 Å². The number of carbonyl (C=O) groups excluding carboxylic acids is 1. The average Bonchev–Trinajstić information content (AvgIpc) is 2.39. The number of pyridine rings is 1. The van der Waals surface area contributed by atoms with Gasteiger partial charge in [0, 0.05) is 17.2 Å². The number of nitrogens with two attached hydrogens (primary N) is 1. The molecule has 0 fully saturated rings. The van der Waals surface area contributed by atoms with Crippen LogP contribution in [0.2, 0.25) is 0 Å². The molecular formula is C14H13ClN2O3. The van der Waals surface area contributed by atoms with Gasteiger partial charge in [-0.3, -0.25) is 4.79 Å². The lowest BCUT2D eigenvalue weighted by Gasteiger charge is -2.00. The van der Waals surface area contributed by atoms with E-state index in [0.717, 1.165) is 5.56 Å². The second kappa shape index (κ2) is 6.68.